The van der Waals surface area contributed by atoms with Gasteiger partial charge in [0, 0.05) is 10.2 Å². The summed E-state index contributed by atoms with van der Waals surface area (Å²) in [6, 6.07) is 11.4. The highest BCUT2D eigenvalue weighted by Crippen LogP contribution is 2.27. The van der Waals surface area contributed by atoms with Crippen molar-refractivity contribution in [2.75, 3.05) is 11.1 Å². The van der Waals surface area contributed by atoms with Crippen LogP contribution in [0.4, 0.5) is 11.4 Å². The van der Waals surface area contributed by atoms with Crippen molar-refractivity contribution in [1.29, 1.82) is 0 Å². The van der Waals surface area contributed by atoms with E-state index in [-0.39, 0.29) is 5.91 Å². The minimum atomic E-state index is -0.0394. The first kappa shape index (κ1) is 14.6. The number of nitrogens with one attached hydrogen (secondary N) is 1. The first-order valence-corrected chi connectivity index (χ1v) is 7.16. The predicted octanol–water partition coefficient (Wildman–Crippen LogP) is 3.83. The van der Waals surface area contributed by atoms with Gasteiger partial charge in [0.1, 0.15) is 0 Å². The van der Waals surface area contributed by atoms with E-state index in [0.29, 0.717) is 12.1 Å². The van der Waals surface area contributed by atoms with Gasteiger partial charge in [0.2, 0.25) is 5.91 Å². The van der Waals surface area contributed by atoms with Gasteiger partial charge in [0.15, 0.2) is 0 Å². The van der Waals surface area contributed by atoms with E-state index in [0.717, 1.165) is 26.9 Å². The molecule has 104 valence electrons. The summed E-state index contributed by atoms with van der Waals surface area (Å²) in [4.78, 5) is 12.1. The average molecular weight is 333 g/mol. The molecule has 0 aliphatic heterocycles. The van der Waals surface area contributed by atoms with Crippen molar-refractivity contribution in [2.24, 2.45) is 0 Å². The fourth-order valence-electron chi connectivity index (χ4n) is 2.08. The molecule has 3 nitrogen and oxygen atoms in total. The van der Waals surface area contributed by atoms with E-state index in [9.17, 15) is 4.79 Å². The van der Waals surface area contributed by atoms with Crippen LogP contribution < -0.4 is 11.1 Å². The van der Waals surface area contributed by atoms with E-state index < -0.39 is 0 Å². The standard InChI is InChI=1S/C16H17BrN2O/c1-10-7-11(2)16(14(17)8-10)19-15(20)9-12-3-5-13(18)6-4-12/h3-8H,9,18H2,1-2H3,(H,19,20). The van der Waals surface area contributed by atoms with Gasteiger partial charge in [-0.15, -0.1) is 0 Å². The first-order chi connectivity index (χ1) is 9.45. The third-order valence-corrected chi connectivity index (χ3v) is 3.67. The predicted molar refractivity (Wildman–Crippen MR) is 86.8 cm³/mol. The number of rotatable bonds is 3. The number of carbonyl (C=O) groups is 1. The molecular weight excluding hydrogens is 316 g/mol. The molecular formula is C16H17BrN2O. The zero-order chi connectivity index (χ0) is 14.7. The summed E-state index contributed by atoms with van der Waals surface area (Å²) >= 11 is 3.49. The topological polar surface area (TPSA) is 55.1 Å². The number of aryl methyl sites for hydroxylation is 2. The molecule has 0 aromatic heterocycles. The molecule has 0 fully saturated rings. The Morgan fingerprint density at radius 3 is 2.45 bits per heavy atom. The van der Waals surface area contributed by atoms with Crippen LogP contribution >= 0.6 is 15.9 Å². The van der Waals surface area contributed by atoms with Gasteiger partial charge in [0.25, 0.3) is 0 Å². The number of nitrogen functional groups attached to an aromatic ring is 1. The van der Waals surface area contributed by atoms with Gasteiger partial charge >= 0.3 is 0 Å². The number of hydrogen-bond acceptors (Lipinski definition) is 2. The molecule has 20 heavy (non-hydrogen) atoms. The molecule has 0 atom stereocenters. The molecule has 1 amide bonds. The highest BCUT2D eigenvalue weighted by molar-refractivity contribution is 9.10. The van der Waals surface area contributed by atoms with Gasteiger partial charge in [-0.25, -0.2) is 0 Å². The van der Waals surface area contributed by atoms with Gasteiger partial charge in [-0.3, -0.25) is 4.79 Å². The Kier molecular flexibility index (Phi) is 4.45. The Bertz CT molecular complexity index is 612. The van der Waals surface area contributed by atoms with Crippen LogP contribution in [-0.4, -0.2) is 5.91 Å². The van der Waals surface area contributed by atoms with E-state index in [1.54, 1.807) is 12.1 Å². The number of hydrogen-bond donors (Lipinski definition) is 2. The summed E-state index contributed by atoms with van der Waals surface area (Å²) in [7, 11) is 0. The van der Waals surface area contributed by atoms with Crippen molar-refractivity contribution in [3.05, 3.63) is 57.6 Å². The molecule has 0 radical (unpaired) electrons. The lowest BCUT2D eigenvalue weighted by atomic mass is 10.1. The Morgan fingerprint density at radius 1 is 1.20 bits per heavy atom. The fourth-order valence-corrected chi connectivity index (χ4v) is 2.85. The summed E-state index contributed by atoms with van der Waals surface area (Å²) in [5.74, 6) is -0.0394. The minimum absolute atomic E-state index is 0.0394. The van der Waals surface area contributed by atoms with Crippen molar-refractivity contribution in [3.63, 3.8) is 0 Å². The lowest BCUT2D eigenvalue weighted by molar-refractivity contribution is -0.115. The summed E-state index contributed by atoms with van der Waals surface area (Å²) in [6.45, 7) is 4.01. The number of amides is 1. The number of nitrogens with two attached hydrogens (primary N) is 1. The van der Waals surface area contributed by atoms with E-state index in [1.807, 2.05) is 38.1 Å². The van der Waals surface area contributed by atoms with Gasteiger partial charge in [-0.2, -0.15) is 0 Å². The molecule has 0 spiro atoms. The monoisotopic (exact) mass is 332 g/mol. The maximum Gasteiger partial charge on any atom is 0.228 e. The van der Waals surface area contributed by atoms with Gasteiger partial charge in [-0.1, -0.05) is 18.2 Å². The van der Waals surface area contributed by atoms with Crippen LogP contribution in [0.2, 0.25) is 0 Å². The molecule has 0 aliphatic rings. The van der Waals surface area contributed by atoms with Gasteiger partial charge in [0.05, 0.1) is 12.1 Å². The normalized spacial score (nSPS) is 10.3. The number of carbonyl (C=O) groups excluding carboxylic acids is 1. The maximum absolute atomic E-state index is 12.1. The van der Waals surface area contributed by atoms with Crippen molar-refractivity contribution in [1.82, 2.24) is 0 Å². The van der Waals surface area contributed by atoms with Crippen molar-refractivity contribution < 1.29 is 4.79 Å². The molecule has 4 heteroatoms. The molecule has 2 rings (SSSR count). The van der Waals surface area contributed by atoms with E-state index in [2.05, 4.69) is 21.2 Å². The zero-order valence-corrected chi connectivity index (χ0v) is 13.1. The van der Waals surface area contributed by atoms with Crippen molar-refractivity contribution >= 4 is 33.2 Å². The summed E-state index contributed by atoms with van der Waals surface area (Å²) < 4.78 is 0.903. The molecule has 2 aromatic carbocycles. The van der Waals surface area contributed by atoms with Crippen LogP contribution in [-0.2, 0) is 11.2 Å². The molecule has 3 N–H and O–H groups in total. The quantitative estimate of drug-likeness (QED) is 0.839. The highest BCUT2D eigenvalue weighted by atomic mass is 79.9. The van der Waals surface area contributed by atoms with Crippen LogP contribution in [0.1, 0.15) is 16.7 Å². The molecule has 0 saturated heterocycles. The van der Waals surface area contributed by atoms with Crippen LogP contribution in [0, 0.1) is 13.8 Å². The molecule has 0 bridgehead atoms. The largest absolute Gasteiger partial charge is 0.399 e. The van der Waals surface area contributed by atoms with Crippen LogP contribution in [0.15, 0.2) is 40.9 Å². The number of halogens is 1. The lowest BCUT2D eigenvalue weighted by Crippen LogP contribution is -2.15. The zero-order valence-electron chi connectivity index (χ0n) is 11.5. The molecule has 0 aliphatic carbocycles. The lowest BCUT2D eigenvalue weighted by Gasteiger charge is -2.12. The first-order valence-electron chi connectivity index (χ1n) is 6.36. The third-order valence-electron chi connectivity index (χ3n) is 3.04. The number of benzene rings is 2. The van der Waals surface area contributed by atoms with Gasteiger partial charge in [-0.05, 0) is 64.7 Å². The smallest absolute Gasteiger partial charge is 0.228 e. The minimum Gasteiger partial charge on any atom is -0.399 e. The van der Waals surface area contributed by atoms with Crippen molar-refractivity contribution in [3.8, 4) is 0 Å². The Balaban J connectivity index is 2.10. The van der Waals surface area contributed by atoms with Crippen LogP contribution in [0.25, 0.3) is 0 Å². The van der Waals surface area contributed by atoms with Crippen LogP contribution in [0.5, 0.6) is 0 Å². The second kappa shape index (κ2) is 6.09. The average Bonchev–Trinajstić information content (AvgIpc) is 2.36. The van der Waals surface area contributed by atoms with Crippen molar-refractivity contribution in [2.45, 2.75) is 20.3 Å². The fraction of sp³-hybridized carbons (Fsp3) is 0.188. The molecule has 0 unspecified atom stereocenters. The second-order valence-electron chi connectivity index (χ2n) is 4.91. The molecule has 0 saturated carbocycles. The Labute approximate surface area is 127 Å². The summed E-state index contributed by atoms with van der Waals surface area (Å²) in [5.41, 5.74) is 10.3. The molecule has 0 heterocycles. The summed E-state index contributed by atoms with van der Waals surface area (Å²) in [5, 5.41) is 2.95. The van der Waals surface area contributed by atoms with Crippen LogP contribution in [0.3, 0.4) is 0 Å². The molecule has 2 aromatic rings. The Morgan fingerprint density at radius 2 is 1.85 bits per heavy atom. The van der Waals surface area contributed by atoms with E-state index in [1.165, 1.54) is 0 Å². The van der Waals surface area contributed by atoms with E-state index in [4.69, 9.17) is 5.73 Å². The maximum atomic E-state index is 12.1. The SMILES string of the molecule is Cc1cc(C)c(NC(=O)Cc2ccc(N)cc2)c(Br)c1. The highest BCUT2D eigenvalue weighted by Gasteiger charge is 2.09. The van der Waals surface area contributed by atoms with E-state index >= 15 is 0 Å². The van der Waals surface area contributed by atoms with Gasteiger partial charge < -0.3 is 11.1 Å². The Hall–Kier alpha value is -1.81. The summed E-state index contributed by atoms with van der Waals surface area (Å²) in [6.07, 6.45) is 0.333. The number of anilines is 2. The third kappa shape index (κ3) is 3.61. The second-order valence-corrected chi connectivity index (χ2v) is 5.76.